The second-order valence-electron chi connectivity index (χ2n) is 0.250. The number of hydrogen-bond donors (Lipinski definition) is 0. The quantitative estimate of drug-likeness (QED) is 0.289. The van der Waals surface area contributed by atoms with Gasteiger partial charge in [0.2, 0.25) is 0 Å². The Kier molecular flexibility index (Phi) is 6.31. The Morgan fingerprint density at radius 1 is 1.40 bits per heavy atom. The standard InChI is InChI=1S/O3Si.H2O/c1-4(2)3;/h;1H2/q-2;. The fourth-order valence-corrected chi connectivity index (χ4v) is 0. The molecule has 4 nitrogen and oxygen atoms in total. The maximum absolute atomic E-state index is 8.52. The lowest BCUT2D eigenvalue weighted by atomic mass is 15.8. The first-order chi connectivity index (χ1) is 1.73. The third-order valence-corrected chi connectivity index (χ3v) is 0. The molecule has 0 aromatic rings. The SMILES string of the molecule is O.O=[Si]([O-])[O-]. The average Bonchev–Trinajstić information content (AvgIpc) is 0.811. The zero-order valence-electron chi connectivity index (χ0n) is 2.22. The minimum Gasteiger partial charge on any atom is -0.672 e. The van der Waals surface area contributed by atoms with E-state index in [-0.39, 0.29) is 5.48 Å². The zero-order chi connectivity index (χ0) is 3.58. The maximum Gasteiger partial charge on any atom is 0.0172 e. The molecule has 0 atom stereocenters. The smallest absolute Gasteiger partial charge is 0.0172 e. The van der Waals surface area contributed by atoms with Gasteiger partial charge in [0.25, 0.3) is 0 Å². The Hall–Kier alpha value is -0.423. The predicted octanol–water partition coefficient (Wildman–Crippen LogP) is -3.70. The highest BCUT2D eigenvalue weighted by Crippen LogP contribution is 0.990. The molecule has 0 saturated carbocycles. The highest BCUT2D eigenvalue weighted by Gasteiger charge is 1.29. The molecule has 0 radical (unpaired) electrons. The molecule has 2 N–H and O–H groups in total. The largest absolute Gasteiger partial charge is 0.672 e. The summed E-state index contributed by atoms with van der Waals surface area (Å²) in [4.78, 5) is 17.0. The summed E-state index contributed by atoms with van der Waals surface area (Å²) >= 11 is 0. The third kappa shape index (κ3) is 49.7. The summed E-state index contributed by atoms with van der Waals surface area (Å²) in [7, 11) is -3.63. The molecule has 0 aromatic carbocycles. The van der Waals surface area contributed by atoms with E-state index in [1.165, 1.54) is 0 Å². The van der Waals surface area contributed by atoms with Crippen LogP contribution in [0.15, 0.2) is 0 Å². The molecule has 32 valence electrons. The highest BCUT2D eigenvalue weighted by atomic mass is 28.3. The van der Waals surface area contributed by atoms with Crippen molar-refractivity contribution in [3.8, 4) is 0 Å². The maximum atomic E-state index is 8.52. The van der Waals surface area contributed by atoms with Gasteiger partial charge < -0.3 is 19.5 Å². The van der Waals surface area contributed by atoms with Gasteiger partial charge in [0, 0.05) is 9.17 Å². The van der Waals surface area contributed by atoms with Crippen molar-refractivity contribution < 1.29 is 19.5 Å². The van der Waals surface area contributed by atoms with E-state index in [9.17, 15) is 0 Å². The van der Waals surface area contributed by atoms with Crippen molar-refractivity contribution >= 4 is 9.17 Å². The molecule has 0 aliphatic heterocycles. The molecule has 0 unspecified atom stereocenters. The Balaban J connectivity index is 0. The monoisotopic (exact) mass is 94.0 g/mol. The molecule has 0 aliphatic rings. The second kappa shape index (κ2) is 3.58. The van der Waals surface area contributed by atoms with Gasteiger partial charge in [-0.05, 0) is 0 Å². The second-order valence-corrected chi connectivity index (χ2v) is 0.750. The molecular weight excluding hydrogens is 92.1 g/mol. The molecule has 0 aliphatic carbocycles. The first-order valence-electron chi connectivity index (χ1n) is 0.612. The molecular formula is H2O4Si-2. The zero-order valence-corrected chi connectivity index (χ0v) is 3.22. The van der Waals surface area contributed by atoms with E-state index in [1.54, 1.807) is 0 Å². The van der Waals surface area contributed by atoms with E-state index < -0.39 is 9.17 Å². The molecule has 0 heterocycles. The van der Waals surface area contributed by atoms with Crippen molar-refractivity contribution in [3.05, 3.63) is 0 Å². The van der Waals surface area contributed by atoms with Gasteiger partial charge in [-0.15, -0.1) is 0 Å². The molecule has 5 heteroatoms. The minimum atomic E-state index is -3.63. The van der Waals surface area contributed by atoms with Gasteiger partial charge in [-0.3, -0.25) is 0 Å². The first-order valence-corrected chi connectivity index (χ1v) is 1.84. The van der Waals surface area contributed by atoms with Crippen LogP contribution in [0.3, 0.4) is 0 Å². The van der Waals surface area contributed by atoms with Gasteiger partial charge in [0.15, 0.2) is 0 Å². The van der Waals surface area contributed by atoms with Gasteiger partial charge in [0.1, 0.15) is 0 Å². The van der Waals surface area contributed by atoms with E-state index in [2.05, 4.69) is 0 Å². The van der Waals surface area contributed by atoms with E-state index in [0.717, 1.165) is 0 Å². The van der Waals surface area contributed by atoms with Crippen LogP contribution in [0.5, 0.6) is 0 Å². The predicted molar refractivity (Wildman–Crippen MR) is 10.1 cm³/mol. The topological polar surface area (TPSA) is 94.7 Å². The lowest BCUT2D eigenvalue weighted by Gasteiger charge is -1.94. The number of rotatable bonds is 0. The van der Waals surface area contributed by atoms with Gasteiger partial charge >= 0.3 is 0 Å². The van der Waals surface area contributed by atoms with Crippen LogP contribution in [0.1, 0.15) is 0 Å². The van der Waals surface area contributed by atoms with Gasteiger partial charge in [-0.2, -0.15) is 0 Å². The van der Waals surface area contributed by atoms with Gasteiger partial charge in [0.05, 0.1) is 0 Å². The van der Waals surface area contributed by atoms with Gasteiger partial charge in [-0.1, -0.05) is 0 Å². The molecule has 0 amide bonds. The van der Waals surface area contributed by atoms with E-state index in [4.69, 9.17) is 14.1 Å². The van der Waals surface area contributed by atoms with E-state index in [0.29, 0.717) is 0 Å². The van der Waals surface area contributed by atoms with E-state index >= 15 is 0 Å². The molecule has 0 rings (SSSR count). The fraction of sp³-hybridized carbons (Fsp3) is 0. The minimum absolute atomic E-state index is 0. The van der Waals surface area contributed by atoms with Crippen molar-refractivity contribution in [2.45, 2.75) is 0 Å². The van der Waals surface area contributed by atoms with Crippen molar-refractivity contribution in [1.29, 1.82) is 0 Å². The van der Waals surface area contributed by atoms with E-state index in [1.807, 2.05) is 0 Å². The Morgan fingerprint density at radius 2 is 1.40 bits per heavy atom. The Labute approximate surface area is 29.9 Å². The molecule has 0 fully saturated rings. The summed E-state index contributed by atoms with van der Waals surface area (Å²) in [5, 5.41) is 0. The van der Waals surface area contributed by atoms with Crippen LogP contribution in [0.4, 0.5) is 0 Å². The normalized spacial score (nSPS) is 4.80. The lowest BCUT2D eigenvalue weighted by Crippen LogP contribution is -2.34. The summed E-state index contributed by atoms with van der Waals surface area (Å²) in [5.41, 5.74) is 0. The molecule has 5 heavy (non-hydrogen) atoms. The van der Waals surface area contributed by atoms with Crippen LogP contribution in [-0.4, -0.2) is 14.6 Å². The highest BCUT2D eigenvalue weighted by molar-refractivity contribution is 6.17. The van der Waals surface area contributed by atoms with Crippen LogP contribution < -0.4 is 9.59 Å². The summed E-state index contributed by atoms with van der Waals surface area (Å²) in [6.45, 7) is 0. The third-order valence-electron chi connectivity index (χ3n) is 0. The molecule has 0 spiro atoms. The van der Waals surface area contributed by atoms with Crippen molar-refractivity contribution in [2.75, 3.05) is 0 Å². The van der Waals surface area contributed by atoms with Crippen LogP contribution >= 0.6 is 0 Å². The Morgan fingerprint density at radius 3 is 1.40 bits per heavy atom. The fourth-order valence-electron chi connectivity index (χ4n) is 0. The average molecular weight is 94.1 g/mol. The molecule has 0 aromatic heterocycles. The van der Waals surface area contributed by atoms with Crippen LogP contribution in [0, 0.1) is 0 Å². The number of hydrogen-bond acceptors (Lipinski definition) is 3. The summed E-state index contributed by atoms with van der Waals surface area (Å²) in [6, 6.07) is 0. The van der Waals surface area contributed by atoms with Crippen molar-refractivity contribution in [2.24, 2.45) is 0 Å². The Bertz CT molecular complexity index is 26.6. The van der Waals surface area contributed by atoms with Crippen LogP contribution in [0.25, 0.3) is 0 Å². The molecule has 0 bridgehead atoms. The van der Waals surface area contributed by atoms with Crippen LogP contribution in [-0.2, 0) is 4.46 Å². The van der Waals surface area contributed by atoms with Crippen molar-refractivity contribution in [1.82, 2.24) is 0 Å². The van der Waals surface area contributed by atoms with Crippen LogP contribution in [0.2, 0.25) is 0 Å². The summed E-state index contributed by atoms with van der Waals surface area (Å²) in [6.07, 6.45) is 0. The summed E-state index contributed by atoms with van der Waals surface area (Å²) < 4.78 is 8.52. The van der Waals surface area contributed by atoms with Gasteiger partial charge in [-0.25, -0.2) is 0 Å². The van der Waals surface area contributed by atoms with Crippen molar-refractivity contribution in [3.63, 3.8) is 0 Å². The lowest BCUT2D eigenvalue weighted by molar-refractivity contribution is -0.354. The first kappa shape index (κ1) is 8.82. The summed E-state index contributed by atoms with van der Waals surface area (Å²) in [5.74, 6) is 0. The molecule has 0 saturated heterocycles.